The van der Waals surface area contributed by atoms with Crippen LogP contribution in [0.5, 0.6) is 11.5 Å². The van der Waals surface area contributed by atoms with E-state index in [9.17, 15) is 14.9 Å². The maximum atomic E-state index is 12.4. The van der Waals surface area contributed by atoms with Crippen LogP contribution in [0.3, 0.4) is 0 Å². The zero-order chi connectivity index (χ0) is 22.7. The van der Waals surface area contributed by atoms with E-state index in [-0.39, 0.29) is 22.8 Å². The van der Waals surface area contributed by atoms with Gasteiger partial charge in [-0.05, 0) is 36.4 Å². The van der Waals surface area contributed by atoms with E-state index in [4.69, 9.17) is 13.9 Å². The molecule has 1 N–H and O–H groups in total. The molecule has 10 nitrogen and oxygen atoms in total. The largest absolute Gasteiger partial charge is 0.497 e. The van der Waals surface area contributed by atoms with Gasteiger partial charge in [-0.3, -0.25) is 14.9 Å². The standard InChI is InChI=1S/C22H18N4O6/c1-30-18-5-3-16(4-6-18)25-8-7-14(13-25)12-23-24-22(27)20-10-15-9-17(26(28)29)11-19(31-2)21(15)32-20/h3-13H,1-2H3,(H,24,27)/b23-12-. The molecule has 4 aromatic rings. The van der Waals surface area contributed by atoms with E-state index < -0.39 is 10.8 Å². The van der Waals surface area contributed by atoms with E-state index in [1.165, 1.54) is 31.5 Å². The molecule has 0 unspecified atom stereocenters. The minimum atomic E-state index is -0.600. The second-order valence-electron chi connectivity index (χ2n) is 6.68. The van der Waals surface area contributed by atoms with E-state index in [2.05, 4.69) is 10.5 Å². The van der Waals surface area contributed by atoms with Gasteiger partial charge in [0.05, 0.1) is 31.4 Å². The Bertz CT molecular complexity index is 1320. The van der Waals surface area contributed by atoms with Crippen LogP contribution in [0, 0.1) is 10.1 Å². The summed E-state index contributed by atoms with van der Waals surface area (Å²) in [5.41, 5.74) is 4.17. The lowest BCUT2D eigenvalue weighted by atomic mass is 10.2. The van der Waals surface area contributed by atoms with Crippen LogP contribution in [0.1, 0.15) is 16.1 Å². The van der Waals surface area contributed by atoms with Gasteiger partial charge in [-0.15, -0.1) is 0 Å². The van der Waals surface area contributed by atoms with Gasteiger partial charge in [0.2, 0.25) is 0 Å². The minimum absolute atomic E-state index is 0.0493. The highest BCUT2D eigenvalue weighted by atomic mass is 16.6. The molecule has 0 bridgehead atoms. The number of aromatic nitrogens is 1. The third-order valence-corrected chi connectivity index (χ3v) is 4.69. The number of benzene rings is 2. The number of rotatable bonds is 7. The van der Waals surface area contributed by atoms with E-state index in [0.717, 1.165) is 17.0 Å². The predicted molar refractivity (Wildman–Crippen MR) is 117 cm³/mol. The van der Waals surface area contributed by atoms with Gasteiger partial charge in [0.15, 0.2) is 17.1 Å². The third-order valence-electron chi connectivity index (χ3n) is 4.69. The van der Waals surface area contributed by atoms with Gasteiger partial charge in [-0.2, -0.15) is 5.10 Å². The molecule has 1 amide bonds. The van der Waals surface area contributed by atoms with Crippen molar-refractivity contribution in [3.8, 4) is 17.2 Å². The Balaban J connectivity index is 1.47. The Labute approximate surface area is 181 Å². The van der Waals surface area contributed by atoms with Crippen LogP contribution in [0.25, 0.3) is 16.7 Å². The van der Waals surface area contributed by atoms with Crippen molar-refractivity contribution in [1.82, 2.24) is 9.99 Å². The number of nitro groups is 1. The summed E-state index contributed by atoms with van der Waals surface area (Å²) in [6.45, 7) is 0. The van der Waals surface area contributed by atoms with Crippen LogP contribution in [-0.2, 0) is 0 Å². The second kappa shape index (κ2) is 8.64. The van der Waals surface area contributed by atoms with Crippen molar-refractivity contribution < 1.29 is 23.6 Å². The number of nitro benzene ring substituents is 1. The maximum Gasteiger partial charge on any atom is 0.307 e. The first-order valence-corrected chi connectivity index (χ1v) is 9.40. The van der Waals surface area contributed by atoms with Crippen LogP contribution in [0.4, 0.5) is 5.69 Å². The summed E-state index contributed by atoms with van der Waals surface area (Å²) in [4.78, 5) is 22.9. The van der Waals surface area contributed by atoms with Gasteiger partial charge in [0.25, 0.3) is 5.69 Å². The molecule has 2 aromatic carbocycles. The molecule has 10 heteroatoms. The van der Waals surface area contributed by atoms with Crippen molar-refractivity contribution >= 4 is 28.8 Å². The number of hydrogen-bond donors (Lipinski definition) is 1. The fraction of sp³-hybridized carbons (Fsp3) is 0.0909. The van der Waals surface area contributed by atoms with Crippen molar-refractivity contribution in [3.05, 3.63) is 82.4 Å². The van der Waals surface area contributed by atoms with E-state index >= 15 is 0 Å². The highest BCUT2D eigenvalue weighted by Crippen LogP contribution is 2.33. The molecule has 4 rings (SSSR count). The number of nitrogens with one attached hydrogen (secondary N) is 1. The Kier molecular flexibility index (Phi) is 5.58. The lowest BCUT2D eigenvalue weighted by Gasteiger charge is -2.04. The summed E-state index contributed by atoms with van der Waals surface area (Å²) in [5.74, 6) is 0.281. The number of fused-ring (bicyclic) bond motifs is 1. The molecule has 0 spiro atoms. The lowest BCUT2D eigenvalue weighted by Crippen LogP contribution is -2.16. The van der Waals surface area contributed by atoms with Crippen LogP contribution in [-0.4, -0.2) is 35.8 Å². The number of carbonyl (C=O) groups excluding carboxylic acids is 1. The third kappa shape index (κ3) is 4.15. The van der Waals surface area contributed by atoms with Crippen LogP contribution in [0.15, 0.2) is 70.4 Å². The molecule has 0 aliphatic rings. The van der Waals surface area contributed by atoms with Gasteiger partial charge in [-0.1, -0.05) is 0 Å². The first kappa shape index (κ1) is 20.7. The molecule has 2 heterocycles. The number of non-ortho nitro benzene ring substituents is 1. The number of amides is 1. The van der Waals surface area contributed by atoms with Crippen molar-refractivity contribution in [2.75, 3.05) is 14.2 Å². The maximum absolute atomic E-state index is 12.4. The fourth-order valence-corrected chi connectivity index (χ4v) is 3.10. The molecule has 2 aromatic heterocycles. The normalized spacial score (nSPS) is 11.1. The van der Waals surface area contributed by atoms with Crippen molar-refractivity contribution in [2.24, 2.45) is 5.10 Å². The van der Waals surface area contributed by atoms with E-state index in [1.807, 2.05) is 47.3 Å². The summed E-state index contributed by atoms with van der Waals surface area (Å²) < 4.78 is 17.7. The second-order valence-corrected chi connectivity index (χ2v) is 6.68. The number of nitrogens with zero attached hydrogens (tertiary/aromatic N) is 3. The summed E-state index contributed by atoms with van der Waals surface area (Å²) in [6.07, 6.45) is 5.21. The molecule has 0 fully saturated rings. The van der Waals surface area contributed by atoms with Gasteiger partial charge in [-0.25, -0.2) is 5.43 Å². The van der Waals surface area contributed by atoms with Crippen LogP contribution >= 0.6 is 0 Å². The topological polar surface area (TPSA) is 121 Å². The highest BCUT2D eigenvalue weighted by Gasteiger charge is 2.19. The van der Waals surface area contributed by atoms with E-state index in [1.54, 1.807) is 7.11 Å². The van der Waals surface area contributed by atoms with Crippen molar-refractivity contribution in [1.29, 1.82) is 0 Å². The quantitative estimate of drug-likeness (QED) is 0.267. The highest BCUT2D eigenvalue weighted by molar-refractivity contribution is 5.98. The Morgan fingerprint density at radius 2 is 1.94 bits per heavy atom. The number of hydrogen-bond acceptors (Lipinski definition) is 7. The van der Waals surface area contributed by atoms with Crippen molar-refractivity contribution in [3.63, 3.8) is 0 Å². The zero-order valence-electron chi connectivity index (χ0n) is 17.1. The molecule has 32 heavy (non-hydrogen) atoms. The van der Waals surface area contributed by atoms with Crippen molar-refractivity contribution in [2.45, 2.75) is 0 Å². The molecule has 0 saturated carbocycles. The number of methoxy groups -OCH3 is 2. The average molecular weight is 434 g/mol. The smallest absolute Gasteiger partial charge is 0.307 e. The molecule has 0 radical (unpaired) electrons. The molecular formula is C22H18N4O6. The zero-order valence-corrected chi connectivity index (χ0v) is 17.1. The molecular weight excluding hydrogens is 416 g/mol. The Morgan fingerprint density at radius 1 is 1.16 bits per heavy atom. The molecule has 162 valence electrons. The number of carbonyl (C=O) groups is 1. The van der Waals surface area contributed by atoms with Gasteiger partial charge >= 0.3 is 5.91 Å². The molecule has 0 saturated heterocycles. The Hall–Kier alpha value is -4.60. The molecule has 0 aliphatic carbocycles. The average Bonchev–Trinajstić information content (AvgIpc) is 3.45. The van der Waals surface area contributed by atoms with Crippen LogP contribution in [0.2, 0.25) is 0 Å². The Morgan fingerprint density at radius 3 is 2.62 bits per heavy atom. The number of ether oxygens (including phenoxy) is 2. The molecule has 0 aliphatic heterocycles. The molecule has 0 atom stereocenters. The predicted octanol–water partition coefficient (Wildman–Crippen LogP) is 3.91. The number of furan rings is 1. The fourth-order valence-electron chi connectivity index (χ4n) is 3.10. The summed E-state index contributed by atoms with van der Waals surface area (Å²) >= 11 is 0. The first-order chi connectivity index (χ1) is 15.5. The van der Waals surface area contributed by atoms with Gasteiger partial charge in [0, 0.05) is 35.1 Å². The first-order valence-electron chi connectivity index (χ1n) is 9.40. The lowest BCUT2D eigenvalue weighted by molar-refractivity contribution is -0.384. The van der Waals surface area contributed by atoms with Gasteiger partial charge < -0.3 is 18.5 Å². The SMILES string of the molecule is COc1ccc(-n2ccc(/C=N\NC(=O)c3cc4cc([N+](=O)[O-])cc(OC)c4o3)c2)cc1. The number of hydrazone groups is 1. The summed E-state index contributed by atoms with van der Waals surface area (Å²) in [7, 11) is 2.97. The van der Waals surface area contributed by atoms with E-state index in [0.29, 0.717) is 5.39 Å². The minimum Gasteiger partial charge on any atom is -0.497 e. The summed E-state index contributed by atoms with van der Waals surface area (Å²) in [5, 5.41) is 15.4. The summed E-state index contributed by atoms with van der Waals surface area (Å²) in [6, 6.07) is 13.3. The monoisotopic (exact) mass is 434 g/mol. The van der Waals surface area contributed by atoms with Crippen LogP contribution < -0.4 is 14.9 Å². The van der Waals surface area contributed by atoms with Gasteiger partial charge in [0.1, 0.15) is 5.75 Å².